The molecule has 2 aliphatic rings. The van der Waals surface area contributed by atoms with E-state index in [9.17, 15) is 4.79 Å². The fourth-order valence-electron chi connectivity index (χ4n) is 3.80. The summed E-state index contributed by atoms with van der Waals surface area (Å²) in [5.41, 5.74) is 4.37. The van der Waals surface area contributed by atoms with Crippen LogP contribution >= 0.6 is 0 Å². The number of benzene rings is 2. The first kappa shape index (κ1) is 16.2. The van der Waals surface area contributed by atoms with Crippen molar-refractivity contribution in [2.24, 2.45) is 0 Å². The number of nitrogens with one attached hydrogen (secondary N) is 2. The van der Waals surface area contributed by atoms with E-state index in [0.29, 0.717) is 6.04 Å². The Balaban J connectivity index is 1.44. The molecule has 1 amide bonds. The topological polar surface area (TPSA) is 44.4 Å². The lowest BCUT2D eigenvalue weighted by Gasteiger charge is -2.31. The number of piperidine rings is 1. The van der Waals surface area contributed by atoms with Gasteiger partial charge in [-0.3, -0.25) is 4.79 Å². The lowest BCUT2D eigenvalue weighted by Crippen LogP contribution is -2.37. The standard InChI is InChI=1S/C21H25N3O/c1-24-12-10-16(11-13-24)22-19-8-4-5-9-20(19)23-21(25)18-14-15-6-2-3-7-17(15)18/h2-9,16,18,22H,10-14H2,1H3,(H,23,25)/t18-/m0/s1. The Morgan fingerprint density at radius 3 is 2.44 bits per heavy atom. The Bertz CT molecular complexity index is 765. The Kier molecular flexibility index (Phi) is 4.45. The van der Waals surface area contributed by atoms with Crippen LogP contribution in [-0.4, -0.2) is 37.0 Å². The maximum atomic E-state index is 12.7. The van der Waals surface area contributed by atoms with Crippen molar-refractivity contribution in [2.45, 2.75) is 31.2 Å². The molecule has 130 valence electrons. The van der Waals surface area contributed by atoms with Gasteiger partial charge in [0, 0.05) is 6.04 Å². The molecule has 0 saturated carbocycles. The predicted octanol–water partition coefficient (Wildman–Crippen LogP) is 3.47. The van der Waals surface area contributed by atoms with Gasteiger partial charge in [-0.05, 0) is 62.7 Å². The highest BCUT2D eigenvalue weighted by Gasteiger charge is 2.32. The number of hydrogen-bond acceptors (Lipinski definition) is 3. The molecule has 0 unspecified atom stereocenters. The molecule has 2 aromatic rings. The molecule has 1 aliphatic carbocycles. The van der Waals surface area contributed by atoms with Crippen LogP contribution in [0.5, 0.6) is 0 Å². The largest absolute Gasteiger partial charge is 0.381 e. The van der Waals surface area contributed by atoms with Crippen molar-refractivity contribution >= 4 is 17.3 Å². The van der Waals surface area contributed by atoms with Gasteiger partial charge in [-0.1, -0.05) is 36.4 Å². The molecule has 2 N–H and O–H groups in total. The minimum atomic E-state index is -0.0208. The van der Waals surface area contributed by atoms with Gasteiger partial charge in [-0.15, -0.1) is 0 Å². The number of likely N-dealkylation sites (tertiary alicyclic amines) is 1. The summed E-state index contributed by atoms with van der Waals surface area (Å²) in [6.07, 6.45) is 3.11. The summed E-state index contributed by atoms with van der Waals surface area (Å²) >= 11 is 0. The van der Waals surface area contributed by atoms with Gasteiger partial charge < -0.3 is 15.5 Å². The van der Waals surface area contributed by atoms with Crippen LogP contribution in [0.4, 0.5) is 11.4 Å². The van der Waals surface area contributed by atoms with E-state index in [2.05, 4.69) is 40.8 Å². The molecule has 1 fully saturated rings. The third-order valence-corrected chi connectivity index (χ3v) is 5.43. The van der Waals surface area contributed by atoms with E-state index in [4.69, 9.17) is 0 Å². The molecule has 25 heavy (non-hydrogen) atoms. The monoisotopic (exact) mass is 335 g/mol. The zero-order chi connectivity index (χ0) is 17.2. The molecular formula is C21H25N3O. The molecule has 1 heterocycles. The van der Waals surface area contributed by atoms with Gasteiger partial charge >= 0.3 is 0 Å². The maximum Gasteiger partial charge on any atom is 0.232 e. The first-order chi connectivity index (χ1) is 12.2. The SMILES string of the molecule is CN1CCC(Nc2ccccc2NC(=O)[C@H]2Cc3ccccc32)CC1. The third-order valence-electron chi connectivity index (χ3n) is 5.43. The highest BCUT2D eigenvalue weighted by molar-refractivity contribution is 6.00. The Labute approximate surface area is 149 Å². The van der Waals surface area contributed by atoms with Gasteiger partial charge in [0.15, 0.2) is 0 Å². The van der Waals surface area contributed by atoms with Crippen LogP contribution in [0.2, 0.25) is 0 Å². The van der Waals surface area contributed by atoms with E-state index in [0.717, 1.165) is 43.7 Å². The molecular weight excluding hydrogens is 310 g/mol. The second-order valence-corrected chi connectivity index (χ2v) is 7.21. The van der Waals surface area contributed by atoms with Gasteiger partial charge in [0.2, 0.25) is 5.91 Å². The van der Waals surface area contributed by atoms with Gasteiger partial charge in [0.05, 0.1) is 17.3 Å². The lowest BCUT2D eigenvalue weighted by atomic mass is 9.77. The minimum Gasteiger partial charge on any atom is -0.381 e. The molecule has 1 saturated heterocycles. The predicted molar refractivity (Wildman–Crippen MR) is 102 cm³/mol. The van der Waals surface area contributed by atoms with E-state index >= 15 is 0 Å². The smallest absolute Gasteiger partial charge is 0.232 e. The van der Waals surface area contributed by atoms with E-state index in [1.165, 1.54) is 11.1 Å². The van der Waals surface area contributed by atoms with Crippen LogP contribution < -0.4 is 10.6 Å². The zero-order valence-corrected chi connectivity index (χ0v) is 14.7. The quantitative estimate of drug-likeness (QED) is 0.899. The fraction of sp³-hybridized carbons (Fsp3) is 0.381. The number of amides is 1. The van der Waals surface area contributed by atoms with Crippen molar-refractivity contribution in [3.63, 3.8) is 0 Å². The van der Waals surface area contributed by atoms with Crippen LogP contribution in [0.3, 0.4) is 0 Å². The van der Waals surface area contributed by atoms with Gasteiger partial charge in [-0.2, -0.15) is 0 Å². The van der Waals surface area contributed by atoms with Crippen molar-refractivity contribution in [2.75, 3.05) is 30.8 Å². The number of nitrogens with zero attached hydrogens (tertiary/aromatic N) is 1. The maximum absolute atomic E-state index is 12.7. The van der Waals surface area contributed by atoms with Gasteiger partial charge in [0.1, 0.15) is 0 Å². The van der Waals surface area contributed by atoms with Crippen LogP contribution in [0.25, 0.3) is 0 Å². The highest BCUT2D eigenvalue weighted by Crippen LogP contribution is 2.36. The Morgan fingerprint density at radius 2 is 1.68 bits per heavy atom. The summed E-state index contributed by atoms with van der Waals surface area (Å²) in [5.74, 6) is 0.0731. The average Bonchev–Trinajstić information content (AvgIpc) is 2.60. The van der Waals surface area contributed by atoms with Crippen molar-refractivity contribution in [3.05, 3.63) is 59.7 Å². The summed E-state index contributed by atoms with van der Waals surface area (Å²) in [7, 11) is 2.17. The summed E-state index contributed by atoms with van der Waals surface area (Å²) < 4.78 is 0. The average molecular weight is 335 g/mol. The summed E-state index contributed by atoms with van der Waals surface area (Å²) in [4.78, 5) is 15.1. The zero-order valence-electron chi connectivity index (χ0n) is 14.7. The normalized spacial score (nSPS) is 20.4. The third kappa shape index (κ3) is 3.40. The molecule has 0 aromatic heterocycles. The van der Waals surface area contributed by atoms with E-state index < -0.39 is 0 Å². The first-order valence-corrected chi connectivity index (χ1v) is 9.13. The number of hydrogen-bond donors (Lipinski definition) is 2. The van der Waals surface area contributed by atoms with E-state index in [1.54, 1.807) is 0 Å². The summed E-state index contributed by atoms with van der Waals surface area (Å²) in [6, 6.07) is 16.7. The number of carbonyl (C=O) groups excluding carboxylic acids is 1. The van der Waals surface area contributed by atoms with Crippen molar-refractivity contribution in [1.82, 2.24) is 4.90 Å². The molecule has 4 nitrogen and oxygen atoms in total. The molecule has 0 radical (unpaired) electrons. The lowest BCUT2D eigenvalue weighted by molar-refractivity contribution is -0.118. The molecule has 0 spiro atoms. The minimum absolute atomic E-state index is 0.0208. The highest BCUT2D eigenvalue weighted by atomic mass is 16.1. The second-order valence-electron chi connectivity index (χ2n) is 7.21. The number of carbonyl (C=O) groups is 1. The number of anilines is 2. The van der Waals surface area contributed by atoms with Crippen LogP contribution in [0.15, 0.2) is 48.5 Å². The van der Waals surface area contributed by atoms with Crippen LogP contribution in [0.1, 0.15) is 29.9 Å². The molecule has 2 aromatic carbocycles. The molecule has 4 rings (SSSR count). The van der Waals surface area contributed by atoms with E-state index in [1.807, 2.05) is 30.3 Å². The second kappa shape index (κ2) is 6.89. The van der Waals surface area contributed by atoms with Crippen molar-refractivity contribution in [1.29, 1.82) is 0 Å². The number of rotatable bonds is 4. The van der Waals surface area contributed by atoms with Gasteiger partial charge in [0.25, 0.3) is 0 Å². The fourth-order valence-corrected chi connectivity index (χ4v) is 3.80. The molecule has 0 bridgehead atoms. The Hall–Kier alpha value is -2.33. The van der Waals surface area contributed by atoms with Crippen molar-refractivity contribution in [3.8, 4) is 0 Å². The summed E-state index contributed by atoms with van der Waals surface area (Å²) in [6.45, 7) is 2.23. The first-order valence-electron chi connectivity index (χ1n) is 9.13. The molecule has 4 heteroatoms. The number of fused-ring (bicyclic) bond motifs is 1. The molecule has 1 atom stereocenters. The summed E-state index contributed by atoms with van der Waals surface area (Å²) in [5, 5.41) is 6.77. The van der Waals surface area contributed by atoms with E-state index in [-0.39, 0.29) is 11.8 Å². The van der Waals surface area contributed by atoms with Gasteiger partial charge in [-0.25, -0.2) is 0 Å². The van der Waals surface area contributed by atoms with Crippen molar-refractivity contribution < 1.29 is 4.79 Å². The van der Waals surface area contributed by atoms with Crippen LogP contribution in [0, 0.1) is 0 Å². The Morgan fingerprint density at radius 1 is 1.00 bits per heavy atom. The van der Waals surface area contributed by atoms with Crippen LogP contribution in [-0.2, 0) is 11.2 Å². The number of para-hydroxylation sites is 2. The molecule has 1 aliphatic heterocycles.